The highest BCUT2D eigenvalue weighted by molar-refractivity contribution is 4.94. The first kappa shape index (κ1) is 6.44. The molecule has 0 aromatic rings. The Morgan fingerprint density at radius 2 is 1.91 bits per heavy atom. The minimum atomic E-state index is 0.834. The number of nitrogens with one attached hydrogen (secondary N) is 1. The average molecular weight is 152 g/mol. The Morgan fingerprint density at radius 3 is 2.82 bits per heavy atom. The van der Waals surface area contributed by atoms with E-state index in [4.69, 9.17) is 0 Å². The zero-order valence-corrected chi connectivity index (χ0v) is 6.92. The lowest BCUT2D eigenvalue weighted by Gasteiger charge is -2.40. The summed E-state index contributed by atoms with van der Waals surface area (Å²) in [5, 5.41) is 3.66. The molecule has 62 valence electrons. The molecule has 4 rings (SSSR count). The second-order valence-corrected chi connectivity index (χ2v) is 4.53. The Balaban J connectivity index is 1.90. The van der Waals surface area contributed by atoms with Crippen LogP contribution in [0.3, 0.4) is 0 Å². The van der Waals surface area contributed by atoms with Crippen molar-refractivity contribution >= 4 is 0 Å². The van der Waals surface area contributed by atoms with Gasteiger partial charge in [-0.15, -0.1) is 0 Å². The Labute approximate surface area is 68.0 Å². The summed E-state index contributed by atoms with van der Waals surface area (Å²) in [6.07, 6.45) is 2.95. The highest BCUT2D eigenvalue weighted by Crippen LogP contribution is 2.32. The number of piperidine rings is 2. The van der Waals surface area contributed by atoms with Crippen LogP contribution in [-0.4, -0.2) is 37.1 Å². The van der Waals surface area contributed by atoms with Crippen molar-refractivity contribution in [2.75, 3.05) is 26.2 Å². The average Bonchev–Trinajstić information content (AvgIpc) is 2.18. The molecule has 2 heteroatoms. The molecule has 4 bridgehead atoms. The van der Waals surface area contributed by atoms with E-state index in [1.807, 2.05) is 0 Å². The van der Waals surface area contributed by atoms with Crippen LogP contribution in [0.25, 0.3) is 0 Å². The first-order chi connectivity index (χ1) is 5.40. The van der Waals surface area contributed by atoms with Crippen LogP contribution >= 0.6 is 0 Å². The molecular formula is C9H16N2. The highest BCUT2D eigenvalue weighted by atomic mass is 15.2. The summed E-state index contributed by atoms with van der Waals surface area (Å²) in [4.78, 5) is 2.66. The van der Waals surface area contributed by atoms with E-state index >= 15 is 0 Å². The number of hydrogen-bond donors (Lipinski definition) is 1. The van der Waals surface area contributed by atoms with E-state index < -0.39 is 0 Å². The summed E-state index contributed by atoms with van der Waals surface area (Å²) in [6.45, 7) is 5.39. The van der Waals surface area contributed by atoms with Gasteiger partial charge in [0.15, 0.2) is 0 Å². The lowest BCUT2D eigenvalue weighted by Crippen LogP contribution is -2.48. The quantitative estimate of drug-likeness (QED) is 0.537. The molecule has 4 aliphatic heterocycles. The normalized spacial score (nSPS) is 54.5. The Morgan fingerprint density at radius 1 is 1.00 bits per heavy atom. The van der Waals surface area contributed by atoms with Crippen LogP contribution in [0.15, 0.2) is 0 Å². The van der Waals surface area contributed by atoms with Gasteiger partial charge in [-0.05, 0) is 31.2 Å². The third-order valence-electron chi connectivity index (χ3n) is 3.49. The monoisotopic (exact) mass is 152 g/mol. The lowest BCUT2D eigenvalue weighted by molar-refractivity contribution is 0.0965. The molecule has 4 aliphatic rings. The summed E-state index contributed by atoms with van der Waals surface area (Å²) in [5.41, 5.74) is 0. The second-order valence-electron chi connectivity index (χ2n) is 4.53. The van der Waals surface area contributed by atoms with Gasteiger partial charge in [0.2, 0.25) is 0 Å². The highest BCUT2D eigenvalue weighted by Gasteiger charge is 2.37. The molecule has 0 saturated carbocycles. The molecular weight excluding hydrogens is 136 g/mol. The molecule has 4 saturated heterocycles. The van der Waals surface area contributed by atoms with Crippen molar-refractivity contribution in [3.05, 3.63) is 0 Å². The number of fused-ring (bicyclic) bond motifs is 1. The van der Waals surface area contributed by atoms with Crippen LogP contribution in [0.2, 0.25) is 0 Å². The van der Waals surface area contributed by atoms with Crippen LogP contribution in [0, 0.1) is 11.8 Å². The van der Waals surface area contributed by atoms with Crippen molar-refractivity contribution in [2.24, 2.45) is 11.8 Å². The third-order valence-corrected chi connectivity index (χ3v) is 3.49. The first-order valence-electron chi connectivity index (χ1n) is 4.86. The molecule has 1 N–H and O–H groups in total. The minimum Gasteiger partial charge on any atom is -0.312 e. The van der Waals surface area contributed by atoms with Crippen molar-refractivity contribution in [1.82, 2.24) is 10.2 Å². The second kappa shape index (κ2) is 2.20. The molecule has 0 aromatic carbocycles. The lowest BCUT2D eigenvalue weighted by atomic mass is 9.84. The van der Waals surface area contributed by atoms with E-state index in [2.05, 4.69) is 10.2 Å². The molecule has 2 nitrogen and oxygen atoms in total. The van der Waals surface area contributed by atoms with Gasteiger partial charge in [-0.1, -0.05) is 0 Å². The summed E-state index contributed by atoms with van der Waals surface area (Å²) >= 11 is 0. The topological polar surface area (TPSA) is 15.3 Å². The molecule has 0 spiro atoms. The fraction of sp³-hybridized carbons (Fsp3) is 1.00. The molecule has 4 atom stereocenters. The Kier molecular flexibility index (Phi) is 1.29. The zero-order valence-electron chi connectivity index (χ0n) is 6.92. The summed E-state index contributed by atoms with van der Waals surface area (Å²) in [6, 6.07) is 0.834. The van der Waals surface area contributed by atoms with Crippen LogP contribution < -0.4 is 5.32 Å². The van der Waals surface area contributed by atoms with Gasteiger partial charge < -0.3 is 10.2 Å². The van der Waals surface area contributed by atoms with Gasteiger partial charge in [0.25, 0.3) is 0 Å². The van der Waals surface area contributed by atoms with Gasteiger partial charge in [0.05, 0.1) is 0 Å². The van der Waals surface area contributed by atoms with Crippen molar-refractivity contribution in [2.45, 2.75) is 18.9 Å². The molecule has 1 unspecified atom stereocenters. The summed E-state index contributed by atoms with van der Waals surface area (Å²) in [7, 11) is 0. The standard InChI is InChI=1S/C9H16N2/c1-7-2-9-6-11(4-7)5-8(1)3-10-9/h7-10H,1-6H2/t7-,8+,9+/m1/s1. The fourth-order valence-electron chi connectivity index (χ4n) is 3.16. The maximum absolute atomic E-state index is 3.66. The van der Waals surface area contributed by atoms with Crippen LogP contribution in [0.1, 0.15) is 12.8 Å². The van der Waals surface area contributed by atoms with E-state index in [0.717, 1.165) is 17.9 Å². The Bertz CT molecular complexity index is 135. The minimum absolute atomic E-state index is 0.834. The molecule has 0 aromatic heterocycles. The molecule has 4 fully saturated rings. The number of nitrogens with zero attached hydrogens (tertiary/aromatic N) is 1. The predicted molar refractivity (Wildman–Crippen MR) is 44.4 cm³/mol. The number of rotatable bonds is 0. The maximum Gasteiger partial charge on any atom is 0.0198 e. The van der Waals surface area contributed by atoms with Crippen molar-refractivity contribution < 1.29 is 0 Å². The Hall–Kier alpha value is -0.0800. The smallest absolute Gasteiger partial charge is 0.0198 e. The van der Waals surface area contributed by atoms with Crippen molar-refractivity contribution in [3.8, 4) is 0 Å². The maximum atomic E-state index is 3.66. The van der Waals surface area contributed by atoms with Gasteiger partial charge in [-0.3, -0.25) is 0 Å². The van der Waals surface area contributed by atoms with Gasteiger partial charge in [-0.25, -0.2) is 0 Å². The molecule has 0 amide bonds. The van der Waals surface area contributed by atoms with E-state index in [9.17, 15) is 0 Å². The third kappa shape index (κ3) is 1.00. The largest absolute Gasteiger partial charge is 0.312 e. The zero-order chi connectivity index (χ0) is 7.26. The van der Waals surface area contributed by atoms with Crippen LogP contribution in [0.5, 0.6) is 0 Å². The first-order valence-corrected chi connectivity index (χ1v) is 4.86. The van der Waals surface area contributed by atoms with Crippen LogP contribution in [0.4, 0.5) is 0 Å². The van der Waals surface area contributed by atoms with Gasteiger partial charge in [0, 0.05) is 25.7 Å². The van der Waals surface area contributed by atoms with Gasteiger partial charge in [0.1, 0.15) is 0 Å². The van der Waals surface area contributed by atoms with E-state index in [0.29, 0.717) is 0 Å². The predicted octanol–water partition coefficient (Wildman–Crippen LogP) is 0.300. The van der Waals surface area contributed by atoms with Crippen molar-refractivity contribution in [3.63, 3.8) is 0 Å². The summed E-state index contributed by atoms with van der Waals surface area (Å²) in [5.74, 6) is 2.00. The van der Waals surface area contributed by atoms with E-state index in [1.165, 1.54) is 39.0 Å². The van der Waals surface area contributed by atoms with E-state index in [-0.39, 0.29) is 0 Å². The van der Waals surface area contributed by atoms with Crippen molar-refractivity contribution in [1.29, 1.82) is 0 Å². The number of hydrogen-bond acceptors (Lipinski definition) is 2. The van der Waals surface area contributed by atoms with Gasteiger partial charge >= 0.3 is 0 Å². The SMILES string of the molecule is C1N[C@H]2C[C@H]3C[C@@H]1CN(C3)C2. The van der Waals surface area contributed by atoms with Gasteiger partial charge in [-0.2, -0.15) is 0 Å². The molecule has 4 heterocycles. The molecule has 0 aliphatic carbocycles. The molecule has 11 heavy (non-hydrogen) atoms. The van der Waals surface area contributed by atoms with E-state index in [1.54, 1.807) is 0 Å². The summed E-state index contributed by atoms with van der Waals surface area (Å²) < 4.78 is 0. The fourth-order valence-corrected chi connectivity index (χ4v) is 3.16. The van der Waals surface area contributed by atoms with Crippen LogP contribution in [-0.2, 0) is 0 Å². The molecule has 0 radical (unpaired) electrons.